The Morgan fingerprint density at radius 3 is 3.00 bits per heavy atom. The van der Waals surface area contributed by atoms with Gasteiger partial charge in [-0.25, -0.2) is 0 Å². The number of nitrogens with one attached hydrogen (secondary N) is 1. The first-order valence-electron chi connectivity index (χ1n) is 6.93. The van der Waals surface area contributed by atoms with Gasteiger partial charge < -0.3 is 14.8 Å². The zero-order chi connectivity index (χ0) is 14.4. The van der Waals surface area contributed by atoms with Gasteiger partial charge in [-0.05, 0) is 37.5 Å². The number of rotatable bonds is 6. The summed E-state index contributed by atoms with van der Waals surface area (Å²) in [7, 11) is 0. The molecule has 1 atom stereocenters. The topological polar surface area (TPSA) is 47.6 Å². The lowest BCUT2D eigenvalue weighted by atomic mass is 10.1. The molecule has 0 saturated carbocycles. The van der Waals surface area contributed by atoms with E-state index in [2.05, 4.69) is 11.9 Å². The molecule has 1 fully saturated rings. The van der Waals surface area contributed by atoms with Gasteiger partial charge in [0.25, 0.3) is 5.91 Å². The lowest BCUT2D eigenvalue weighted by molar-refractivity contribution is 0.0855. The molecule has 1 aliphatic rings. The molecule has 1 aromatic rings. The summed E-state index contributed by atoms with van der Waals surface area (Å²) in [6, 6.07) is 7.24. The first-order chi connectivity index (χ1) is 9.66. The highest BCUT2D eigenvalue weighted by Gasteiger charge is 2.18. The van der Waals surface area contributed by atoms with Gasteiger partial charge in [0.2, 0.25) is 0 Å². The SMILES string of the molecule is C=C(C)COc1ccccc1C(=O)NCC1CCCO1. The summed E-state index contributed by atoms with van der Waals surface area (Å²) in [4.78, 5) is 12.2. The highest BCUT2D eigenvalue weighted by molar-refractivity contribution is 5.96. The van der Waals surface area contributed by atoms with Crippen LogP contribution in [0.2, 0.25) is 0 Å². The van der Waals surface area contributed by atoms with Crippen LogP contribution in [0, 0.1) is 0 Å². The summed E-state index contributed by atoms with van der Waals surface area (Å²) in [6.45, 7) is 7.43. The maximum Gasteiger partial charge on any atom is 0.255 e. The van der Waals surface area contributed by atoms with Gasteiger partial charge in [-0.15, -0.1) is 0 Å². The van der Waals surface area contributed by atoms with Crippen molar-refractivity contribution < 1.29 is 14.3 Å². The van der Waals surface area contributed by atoms with Crippen LogP contribution in [0.15, 0.2) is 36.4 Å². The van der Waals surface area contributed by atoms with Crippen LogP contribution < -0.4 is 10.1 Å². The molecule has 4 nitrogen and oxygen atoms in total. The summed E-state index contributed by atoms with van der Waals surface area (Å²) in [6.07, 6.45) is 2.22. The third-order valence-electron chi connectivity index (χ3n) is 3.12. The van der Waals surface area contributed by atoms with Crippen molar-refractivity contribution in [2.45, 2.75) is 25.9 Å². The number of benzene rings is 1. The van der Waals surface area contributed by atoms with Gasteiger partial charge in [-0.2, -0.15) is 0 Å². The van der Waals surface area contributed by atoms with E-state index in [1.165, 1.54) is 0 Å². The van der Waals surface area contributed by atoms with Gasteiger partial charge in [0.05, 0.1) is 11.7 Å². The molecule has 108 valence electrons. The van der Waals surface area contributed by atoms with Crippen LogP contribution in [0.1, 0.15) is 30.1 Å². The number of hydrogen-bond acceptors (Lipinski definition) is 3. The summed E-state index contributed by atoms with van der Waals surface area (Å²) in [5.41, 5.74) is 1.46. The molecule has 0 aliphatic carbocycles. The molecule has 1 saturated heterocycles. The number of carbonyl (C=O) groups excluding carboxylic acids is 1. The Morgan fingerprint density at radius 2 is 2.30 bits per heavy atom. The number of amides is 1. The van der Waals surface area contributed by atoms with Crippen molar-refractivity contribution in [3.05, 3.63) is 42.0 Å². The Balaban J connectivity index is 1.95. The number of hydrogen-bond donors (Lipinski definition) is 1. The predicted octanol–water partition coefficient (Wildman–Crippen LogP) is 2.55. The van der Waals surface area contributed by atoms with Crippen molar-refractivity contribution in [1.29, 1.82) is 0 Å². The van der Waals surface area contributed by atoms with E-state index in [1.54, 1.807) is 12.1 Å². The van der Waals surface area contributed by atoms with Crippen molar-refractivity contribution in [3.8, 4) is 5.75 Å². The maximum absolute atomic E-state index is 12.2. The van der Waals surface area contributed by atoms with Crippen molar-refractivity contribution in [2.75, 3.05) is 19.8 Å². The standard InChI is InChI=1S/C16H21NO3/c1-12(2)11-20-15-8-4-3-7-14(15)16(18)17-10-13-6-5-9-19-13/h3-4,7-8,13H,1,5-6,9-11H2,2H3,(H,17,18). The Labute approximate surface area is 119 Å². The molecule has 0 spiro atoms. The lowest BCUT2D eigenvalue weighted by Gasteiger charge is -2.13. The van der Waals surface area contributed by atoms with Crippen molar-refractivity contribution >= 4 is 5.91 Å². The quantitative estimate of drug-likeness (QED) is 0.812. The van der Waals surface area contributed by atoms with Gasteiger partial charge in [0.1, 0.15) is 12.4 Å². The number of ether oxygens (including phenoxy) is 2. The smallest absolute Gasteiger partial charge is 0.255 e. The zero-order valence-electron chi connectivity index (χ0n) is 11.9. The fourth-order valence-corrected chi connectivity index (χ4v) is 2.09. The second kappa shape index (κ2) is 7.10. The second-order valence-corrected chi connectivity index (χ2v) is 5.09. The number of para-hydroxylation sites is 1. The van der Waals surface area contributed by atoms with E-state index in [0.717, 1.165) is 25.0 Å². The molecule has 1 N–H and O–H groups in total. The molecule has 2 rings (SSSR count). The summed E-state index contributed by atoms with van der Waals surface area (Å²) in [5.74, 6) is 0.457. The van der Waals surface area contributed by atoms with Crippen LogP contribution >= 0.6 is 0 Å². The summed E-state index contributed by atoms with van der Waals surface area (Å²) >= 11 is 0. The Bertz CT molecular complexity index is 478. The fourth-order valence-electron chi connectivity index (χ4n) is 2.09. The van der Waals surface area contributed by atoms with Gasteiger partial charge >= 0.3 is 0 Å². The highest BCUT2D eigenvalue weighted by Crippen LogP contribution is 2.19. The van der Waals surface area contributed by atoms with Crippen LogP contribution in [-0.4, -0.2) is 31.8 Å². The van der Waals surface area contributed by atoms with E-state index >= 15 is 0 Å². The molecule has 20 heavy (non-hydrogen) atoms. The second-order valence-electron chi connectivity index (χ2n) is 5.09. The predicted molar refractivity (Wildman–Crippen MR) is 78.1 cm³/mol. The molecular weight excluding hydrogens is 254 g/mol. The van der Waals surface area contributed by atoms with Gasteiger partial charge in [-0.3, -0.25) is 4.79 Å². The lowest BCUT2D eigenvalue weighted by Crippen LogP contribution is -2.32. The molecule has 0 radical (unpaired) electrons. The summed E-state index contributed by atoms with van der Waals surface area (Å²) in [5, 5.41) is 2.90. The molecule has 0 aromatic heterocycles. The fraction of sp³-hybridized carbons (Fsp3) is 0.438. The molecule has 1 heterocycles. The zero-order valence-corrected chi connectivity index (χ0v) is 11.9. The molecule has 1 aliphatic heterocycles. The molecule has 1 aromatic carbocycles. The van der Waals surface area contributed by atoms with Crippen LogP contribution in [0.4, 0.5) is 0 Å². The largest absolute Gasteiger partial charge is 0.488 e. The molecule has 4 heteroatoms. The first-order valence-corrected chi connectivity index (χ1v) is 6.93. The van der Waals surface area contributed by atoms with E-state index in [0.29, 0.717) is 24.5 Å². The normalized spacial score (nSPS) is 17.8. The van der Waals surface area contributed by atoms with Crippen LogP contribution in [-0.2, 0) is 4.74 Å². The molecule has 1 unspecified atom stereocenters. The number of carbonyl (C=O) groups is 1. The van der Waals surface area contributed by atoms with Crippen molar-refractivity contribution in [1.82, 2.24) is 5.32 Å². The summed E-state index contributed by atoms with van der Waals surface area (Å²) < 4.78 is 11.1. The van der Waals surface area contributed by atoms with Crippen LogP contribution in [0.3, 0.4) is 0 Å². The minimum absolute atomic E-state index is 0.127. The molecule has 1 amide bonds. The van der Waals surface area contributed by atoms with Gasteiger partial charge in [0.15, 0.2) is 0 Å². The minimum atomic E-state index is -0.127. The monoisotopic (exact) mass is 275 g/mol. The average Bonchev–Trinajstić information content (AvgIpc) is 2.96. The van der Waals surface area contributed by atoms with Crippen molar-refractivity contribution in [2.24, 2.45) is 0 Å². The van der Waals surface area contributed by atoms with E-state index < -0.39 is 0 Å². The Kier molecular flexibility index (Phi) is 5.18. The maximum atomic E-state index is 12.2. The van der Waals surface area contributed by atoms with Crippen LogP contribution in [0.25, 0.3) is 0 Å². The first kappa shape index (κ1) is 14.6. The molecule has 0 bridgehead atoms. The van der Waals surface area contributed by atoms with E-state index in [-0.39, 0.29) is 12.0 Å². The van der Waals surface area contributed by atoms with E-state index in [4.69, 9.17) is 9.47 Å². The van der Waals surface area contributed by atoms with Gasteiger partial charge in [-0.1, -0.05) is 18.7 Å². The minimum Gasteiger partial charge on any atom is -0.488 e. The molecular formula is C16H21NO3. The third kappa shape index (κ3) is 4.10. The Hall–Kier alpha value is -1.81. The van der Waals surface area contributed by atoms with Crippen LogP contribution in [0.5, 0.6) is 5.75 Å². The van der Waals surface area contributed by atoms with Crippen molar-refractivity contribution in [3.63, 3.8) is 0 Å². The Morgan fingerprint density at radius 1 is 1.50 bits per heavy atom. The average molecular weight is 275 g/mol. The van der Waals surface area contributed by atoms with E-state index in [9.17, 15) is 4.79 Å². The van der Waals surface area contributed by atoms with Gasteiger partial charge in [0, 0.05) is 13.2 Å². The van der Waals surface area contributed by atoms with E-state index in [1.807, 2.05) is 19.1 Å². The highest BCUT2D eigenvalue weighted by atomic mass is 16.5. The third-order valence-corrected chi connectivity index (χ3v) is 3.12.